The molecule has 2 rings (SSSR count). The first kappa shape index (κ1) is 16.7. The number of hydrogen-bond acceptors (Lipinski definition) is 5. The van der Waals surface area contributed by atoms with Crippen molar-refractivity contribution in [1.29, 1.82) is 0 Å². The second-order valence-corrected chi connectivity index (χ2v) is 7.61. The van der Waals surface area contributed by atoms with Gasteiger partial charge in [0.25, 0.3) is 0 Å². The molecular weight excluding hydrogens is 346 g/mol. The highest BCUT2D eigenvalue weighted by Crippen LogP contribution is 2.28. The maximum absolute atomic E-state index is 12.6. The molecule has 116 valence electrons. The molecule has 2 aromatic rings. The van der Waals surface area contributed by atoms with E-state index in [0.717, 1.165) is 6.26 Å². The maximum atomic E-state index is 12.6. The third kappa shape index (κ3) is 3.55. The minimum atomic E-state index is -3.54. The van der Waals surface area contributed by atoms with E-state index in [2.05, 4.69) is 5.32 Å². The van der Waals surface area contributed by atoms with E-state index in [9.17, 15) is 18.0 Å². The molecule has 0 unspecified atom stereocenters. The van der Waals surface area contributed by atoms with Gasteiger partial charge in [-0.15, -0.1) is 22.9 Å². The van der Waals surface area contributed by atoms with Crippen LogP contribution in [0.5, 0.6) is 0 Å². The smallest absolute Gasteiger partial charge is 0.239 e. The molecule has 0 saturated carbocycles. The van der Waals surface area contributed by atoms with Gasteiger partial charge in [0.2, 0.25) is 5.91 Å². The van der Waals surface area contributed by atoms with E-state index in [-0.39, 0.29) is 21.9 Å². The number of nitrogens with one attached hydrogen (secondary N) is 1. The van der Waals surface area contributed by atoms with Crippen molar-refractivity contribution in [2.75, 3.05) is 17.5 Å². The van der Waals surface area contributed by atoms with Crippen LogP contribution in [0.15, 0.2) is 40.6 Å². The largest absolute Gasteiger partial charge is 0.316 e. The average Bonchev–Trinajstić information content (AvgIpc) is 2.93. The fraction of sp³-hybridized carbons (Fsp3) is 0.143. The van der Waals surface area contributed by atoms with Gasteiger partial charge in [0.15, 0.2) is 15.6 Å². The van der Waals surface area contributed by atoms with Crippen molar-refractivity contribution < 1.29 is 18.0 Å². The summed E-state index contributed by atoms with van der Waals surface area (Å²) >= 11 is 6.60. The number of carbonyl (C=O) groups excluding carboxylic acids is 2. The Kier molecular flexibility index (Phi) is 5.00. The lowest BCUT2D eigenvalue weighted by molar-refractivity contribution is -0.113. The number of benzene rings is 1. The third-order valence-electron chi connectivity index (χ3n) is 2.82. The molecular formula is C14H12ClNO4S2. The molecule has 0 aliphatic rings. The number of halogens is 1. The SMILES string of the molecule is CS(=O)(=O)c1ccccc1C(=O)c1ccsc1NC(=O)CCl. The zero-order chi connectivity index (χ0) is 16.3. The molecule has 0 saturated heterocycles. The zero-order valence-electron chi connectivity index (χ0n) is 11.5. The monoisotopic (exact) mass is 357 g/mol. The summed E-state index contributed by atoms with van der Waals surface area (Å²) in [6.45, 7) is 0. The van der Waals surface area contributed by atoms with Gasteiger partial charge in [-0.1, -0.05) is 12.1 Å². The van der Waals surface area contributed by atoms with Crippen LogP contribution in [0.4, 0.5) is 5.00 Å². The van der Waals surface area contributed by atoms with Gasteiger partial charge in [0.05, 0.1) is 10.5 Å². The predicted octanol–water partition coefficient (Wildman–Crippen LogP) is 2.56. The van der Waals surface area contributed by atoms with E-state index in [4.69, 9.17) is 11.6 Å². The highest BCUT2D eigenvalue weighted by Gasteiger charge is 2.22. The zero-order valence-corrected chi connectivity index (χ0v) is 13.9. The molecule has 0 atom stereocenters. The second kappa shape index (κ2) is 6.60. The van der Waals surface area contributed by atoms with Gasteiger partial charge >= 0.3 is 0 Å². The number of anilines is 1. The number of thiophene rings is 1. The van der Waals surface area contributed by atoms with E-state index in [1.807, 2.05) is 0 Å². The summed E-state index contributed by atoms with van der Waals surface area (Å²) in [4.78, 5) is 24.0. The molecule has 0 radical (unpaired) electrons. The van der Waals surface area contributed by atoms with Gasteiger partial charge in [-0.25, -0.2) is 8.42 Å². The lowest BCUT2D eigenvalue weighted by Gasteiger charge is -2.08. The summed E-state index contributed by atoms with van der Waals surface area (Å²) in [5.74, 6) is -1.13. The van der Waals surface area contributed by atoms with Gasteiger partial charge in [0, 0.05) is 11.8 Å². The molecule has 22 heavy (non-hydrogen) atoms. The summed E-state index contributed by atoms with van der Waals surface area (Å²) < 4.78 is 23.6. The van der Waals surface area contributed by atoms with E-state index in [0.29, 0.717) is 5.00 Å². The topological polar surface area (TPSA) is 80.3 Å². The minimum Gasteiger partial charge on any atom is -0.316 e. The van der Waals surface area contributed by atoms with E-state index in [1.54, 1.807) is 17.5 Å². The van der Waals surface area contributed by atoms with Crippen molar-refractivity contribution in [2.45, 2.75) is 4.90 Å². The van der Waals surface area contributed by atoms with Crippen LogP contribution < -0.4 is 5.32 Å². The molecule has 0 aliphatic carbocycles. The first-order valence-electron chi connectivity index (χ1n) is 6.11. The van der Waals surface area contributed by atoms with E-state index in [1.165, 1.54) is 29.5 Å². The number of carbonyl (C=O) groups is 2. The van der Waals surface area contributed by atoms with Gasteiger partial charge in [-0.3, -0.25) is 9.59 Å². The molecule has 8 heteroatoms. The van der Waals surface area contributed by atoms with Crippen molar-refractivity contribution in [3.8, 4) is 0 Å². The Morgan fingerprint density at radius 2 is 1.86 bits per heavy atom. The van der Waals surface area contributed by atoms with Gasteiger partial charge in [-0.05, 0) is 23.6 Å². The standard InChI is InChI=1S/C14H12ClNO4S2/c1-22(19,20)11-5-3-2-4-9(11)13(18)10-6-7-21-14(10)16-12(17)8-15/h2-7H,8H2,1H3,(H,16,17). The Hall–Kier alpha value is -1.70. The van der Waals surface area contributed by atoms with Crippen LogP contribution in [-0.2, 0) is 14.6 Å². The summed E-state index contributed by atoms with van der Waals surface area (Å²) in [6, 6.07) is 7.51. The fourth-order valence-corrected chi connectivity index (χ4v) is 3.62. The van der Waals surface area contributed by atoms with Crippen molar-refractivity contribution in [1.82, 2.24) is 0 Å². The van der Waals surface area contributed by atoms with Crippen molar-refractivity contribution >= 4 is 49.5 Å². The first-order chi connectivity index (χ1) is 10.3. The Labute approximate surface area is 136 Å². The summed E-state index contributed by atoms with van der Waals surface area (Å²) in [7, 11) is -3.54. The average molecular weight is 358 g/mol. The van der Waals surface area contributed by atoms with Crippen LogP contribution in [-0.4, -0.2) is 32.2 Å². The summed E-state index contributed by atoms with van der Waals surface area (Å²) in [6.07, 6.45) is 1.04. The maximum Gasteiger partial charge on any atom is 0.239 e. The van der Waals surface area contributed by atoms with Crippen LogP contribution in [0.1, 0.15) is 15.9 Å². The molecule has 1 aromatic carbocycles. The van der Waals surface area contributed by atoms with Gasteiger partial charge < -0.3 is 5.32 Å². The van der Waals surface area contributed by atoms with Crippen LogP contribution in [0, 0.1) is 0 Å². The molecule has 0 fully saturated rings. The molecule has 1 aromatic heterocycles. The molecule has 1 heterocycles. The number of hydrogen-bond donors (Lipinski definition) is 1. The minimum absolute atomic E-state index is 0.0409. The lowest BCUT2D eigenvalue weighted by atomic mass is 10.1. The molecule has 0 bridgehead atoms. The summed E-state index contributed by atoms with van der Waals surface area (Å²) in [5.41, 5.74) is 0.310. The number of sulfone groups is 1. The van der Waals surface area contributed by atoms with E-state index >= 15 is 0 Å². The number of rotatable bonds is 5. The number of ketones is 1. The highest BCUT2D eigenvalue weighted by atomic mass is 35.5. The molecule has 0 spiro atoms. The van der Waals surface area contributed by atoms with Gasteiger partial charge in [-0.2, -0.15) is 0 Å². The highest BCUT2D eigenvalue weighted by molar-refractivity contribution is 7.90. The van der Waals surface area contributed by atoms with Crippen LogP contribution in [0.2, 0.25) is 0 Å². The Balaban J connectivity index is 2.47. The van der Waals surface area contributed by atoms with Crippen LogP contribution in [0.3, 0.4) is 0 Å². The predicted molar refractivity (Wildman–Crippen MR) is 86.7 cm³/mol. The summed E-state index contributed by atoms with van der Waals surface area (Å²) in [5, 5.41) is 4.51. The van der Waals surface area contributed by atoms with Crippen molar-refractivity contribution in [3.05, 3.63) is 46.8 Å². The third-order valence-corrected chi connectivity index (χ3v) is 5.04. The number of amides is 1. The molecule has 1 N–H and O–H groups in total. The van der Waals surface area contributed by atoms with Gasteiger partial charge in [0.1, 0.15) is 10.9 Å². The first-order valence-corrected chi connectivity index (χ1v) is 9.42. The van der Waals surface area contributed by atoms with Crippen LogP contribution in [0.25, 0.3) is 0 Å². The quantitative estimate of drug-likeness (QED) is 0.658. The molecule has 0 aliphatic heterocycles. The van der Waals surface area contributed by atoms with Crippen molar-refractivity contribution in [3.63, 3.8) is 0 Å². The second-order valence-electron chi connectivity index (χ2n) is 4.44. The normalized spacial score (nSPS) is 11.2. The van der Waals surface area contributed by atoms with Crippen molar-refractivity contribution in [2.24, 2.45) is 0 Å². The Morgan fingerprint density at radius 1 is 1.18 bits per heavy atom. The Bertz CT molecular complexity index is 827. The van der Waals surface area contributed by atoms with E-state index < -0.39 is 21.5 Å². The van der Waals surface area contributed by atoms with Crippen LogP contribution >= 0.6 is 22.9 Å². The number of alkyl halides is 1. The lowest BCUT2D eigenvalue weighted by Crippen LogP contribution is -2.15. The molecule has 5 nitrogen and oxygen atoms in total. The fourth-order valence-electron chi connectivity index (χ4n) is 1.87. The Morgan fingerprint density at radius 3 is 2.50 bits per heavy atom. The molecule has 1 amide bonds.